The number of hydrogen-bond acceptors (Lipinski definition) is 2. The topological polar surface area (TPSA) is 57.8 Å². The summed E-state index contributed by atoms with van der Waals surface area (Å²) in [6, 6.07) is 14.5. The lowest BCUT2D eigenvalue weighted by atomic mass is 9.85. The van der Waals surface area contributed by atoms with E-state index in [4.69, 9.17) is 0 Å². The zero-order valence-electron chi connectivity index (χ0n) is 10.8. The number of benzene rings is 2. The Morgan fingerprint density at radius 1 is 1.05 bits per heavy atom. The molecule has 1 atom stereocenters. The predicted octanol–water partition coefficient (Wildman–Crippen LogP) is 3.04. The highest BCUT2D eigenvalue weighted by molar-refractivity contribution is 5.95. The number of fused-ring (bicyclic) bond motifs is 2. The lowest BCUT2D eigenvalue weighted by molar-refractivity contribution is -0.116. The Hall–Kier alpha value is -2.62. The fourth-order valence-electron chi connectivity index (χ4n) is 2.98. The van der Waals surface area contributed by atoms with E-state index in [1.165, 1.54) is 16.3 Å². The van der Waals surface area contributed by atoms with Gasteiger partial charge in [0, 0.05) is 17.9 Å². The van der Waals surface area contributed by atoms with Gasteiger partial charge in [0.15, 0.2) is 0 Å². The van der Waals surface area contributed by atoms with Gasteiger partial charge in [0.2, 0.25) is 5.91 Å². The molecule has 0 unspecified atom stereocenters. The molecule has 98 valence electrons. The van der Waals surface area contributed by atoms with Gasteiger partial charge in [-0.3, -0.25) is 9.89 Å². The van der Waals surface area contributed by atoms with Gasteiger partial charge in [-0.1, -0.05) is 42.5 Å². The van der Waals surface area contributed by atoms with E-state index < -0.39 is 0 Å². The maximum atomic E-state index is 11.9. The number of amides is 1. The van der Waals surface area contributed by atoms with Crippen LogP contribution in [0.3, 0.4) is 0 Å². The van der Waals surface area contributed by atoms with Crippen LogP contribution in [0.5, 0.6) is 0 Å². The molecular weight excluding hydrogens is 250 g/mol. The van der Waals surface area contributed by atoms with Crippen molar-refractivity contribution in [2.75, 3.05) is 5.32 Å². The predicted molar refractivity (Wildman–Crippen MR) is 77.6 cm³/mol. The highest BCUT2D eigenvalue weighted by Crippen LogP contribution is 2.38. The molecule has 1 amide bonds. The molecule has 20 heavy (non-hydrogen) atoms. The fraction of sp³-hybridized carbons (Fsp3) is 0.125. The van der Waals surface area contributed by atoms with Crippen molar-refractivity contribution in [3.63, 3.8) is 0 Å². The largest absolute Gasteiger partial charge is 0.311 e. The molecule has 0 aliphatic carbocycles. The summed E-state index contributed by atoms with van der Waals surface area (Å²) in [6.07, 6.45) is 2.27. The van der Waals surface area contributed by atoms with Gasteiger partial charge in [0.1, 0.15) is 5.82 Å². The second-order valence-corrected chi connectivity index (χ2v) is 5.07. The van der Waals surface area contributed by atoms with Crippen LogP contribution in [0.1, 0.15) is 23.5 Å². The number of rotatable bonds is 1. The quantitative estimate of drug-likeness (QED) is 0.709. The van der Waals surface area contributed by atoms with Gasteiger partial charge in [0.25, 0.3) is 0 Å². The van der Waals surface area contributed by atoms with Crippen LogP contribution in [0.25, 0.3) is 10.8 Å². The molecule has 0 saturated heterocycles. The third-order valence-electron chi connectivity index (χ3n) is 3.90. The van der Waals surface area contributed by atoms with E-state index in [1.807, 2.05) is 18.2 Å². The van der Waals surface area contributed by atoms with Crippen LogP contribution in [0.2, 0.25) is 0 Å². The van der Waals surface area contributed by atoms with Crippen LogP contribution in [-0.4, -0.2) is 16.1 Å². The van der Waals surface area contributed by atoms with E-state index in [0.29, 0.717) is 6.42 Å². The minimum absolute atomic E-state index is 0.0275. The summed E-state index contributed by atoms with van der Waals surface area (Å²) in [7, 11) is 0. The average Bonchev–Trinajstić information content (AvgIpc) is 2.94. The van der Waals surface area contributed by atoms with E-state index in [0.717, 1.165) is 11.4 Å². The van der Waals surface area contributed by atoms with Gasteiger partial charge in [-0.25, -0.2) is 0 Å². The number of nitrogens with zero attached hydrogens (tertiary/aromatic N) is 1. The number of anilines is 1. The molecule has 1 aliphatic heterocycles. The lowest BCUT2D eigenvalue weighted by Gasteiger charge is -2.23. The minimum atomic E-state index is 0.0275. The molecule has 4 rings (SSSR count). The van der Waals surface area contributed by atoms with Crippen LogP contribution in [0, 0.1) is 0 Å². The molecule has 0 fully saturated rings. The van der Waals surface area contributed by atoms with Gasteiger partial charge >= 0.3 is 0 Å². The van der Waals surface area contributed by atoms with Crippen LogP contribution in [0.15, 0.2) is 48.7 Å². The second-order valence-electron chi connectivity index (χ2n) is 5.07. The number of carbonyl (C=O) groups excluding carboxylic acids is 1. The van der Waals surface area contributed by atoms with Crippen molar-refractivity contribution in [1.29, 1.82) is 0 Å². The summed E-state index contributed by atoms with van der Waals surface area (Å²) in [5, 5.41) is 12.1. The highest BCUT2D eigenvalue weighted by Gasteiger charge is 2.28. The molecule has 0 radical (unpaired) electrons. The highest BCUT2D eigenvalue weighted by atomic mass is 16.1. The molecule has 1 aliphatic rings. The zero-order valence-corrected chi connectivity index (χ0v) is 10.8. The Morgan fingerprint density at radius 2 is 1.90 bits per heavy atom. The number of hydrogen-bond donors (Lipinski definition) is 2. The number of aromatic nitrogens is 2. The SMILES string of the molecule is O=C1C[C@H](c2cccc3ccccc23)c2cn[nH]c2N1. The maximum absolute atomic E-state index is 11.9. The van der Waals surface area contributed by atoms with Crippen molar-refractivity contribution in [1.82, 2.24) is 10.2 Å². The summed E-state index contributed by atoms with van der Waals surface area (Å²) in [6.45, 7) is 0. The van der Waals surface area contributed by atoms with Crippen molar-refractivity contribution in [3.8, 4) is 0 Å². The minimum Gasteiger partial charge on any atom is -0.311 e. The summed E-state index contributed by atoms with van der Waals surface area (Å²) in [5.74, 6) is 0.808. The average molecular weight is 263 g/mol. The Kier molecular flexibility index (Phi) is 2.36. The Balaban J connectivity index is 1.94. The summed E-state index contributed by atoms with van der Waals surface area (Å²) in [5.41, 5.74) is 2.24. The van der Waals surface area contributed by atoms with E-state index in [9.17, 15) is 4.79 Å². The van der Waals surface area contributed by atoms with E-state index in [-0.39, 0.29) is 11.8 Å². The molecule has 0 spiro atoms. The van der Waals surface area contributed by atoms with Crippen molar-refractivity contribution in [3.05, 3.63) is 59.8 Å². The summed E-state index contributed by atoms with van der Waals surface area (Å²) >= 11 is 0. The third-order valence-corrected chi connectivity index (χ3v) is 3.90. The Morgan fingerprint density at radius 3 is 2.85 bits per heavy atom. The van der Waals surface area contributed by atoms with Crippen molar-refractivity contribution in [2.45, 2.75) is 12.3 Å². The fourth-order valence-corrected chi connectivity index (χ4v) is 2.98. The first-order chi connectivity index (χ1) is 9.83. The molecule has 2 N–H and O–H groups in total. The van der Waals surface area contributed by atoms with Gasteiger partial charge < -0.3 is 5.32 Å². The van der Waals surface area contributed by atoms with Crippen LogP contribution >= 0.6 is 0 Å². The number of H-pyrrole nitrogens is 1. The normalized spacial score (nSPS) is 17.8. The number of nitrogens with one attached hydrogen (secondary N) is 2. The van der Waals surface area contributed by atoms with Crippen LogP contribution < -0.4 is 5.32 Å². The molecule has 4 heteroatoms. The summed E-state index contributed by atoms with van der Waals surface area (Å²) < 4.78 is 0. The summed E-state index contributed by atoms with van der Waals surface area (Å²) in [4.78, 5) is 11.9. The second kappa shape index (κ2) is 4.20. The zero-order chi connectivity index (χ0) is 13.5. The lowest BCUT2D eigenvalue weighted by Crippen LogP contribution is -2.23. The molecule has 0 bridgehead atoms. The standard InChI is InChI=1S/C16H13N3O/c20-15-8-13(14-9-17-19-16(14)18-15)12-7-3-5-10-4-1-2-6-11(10)12/h1-7,9,13H,8H2,(H2,17,18,19,20)/t13-/m1/s1. The van der Waals surface area contributed by atoms with E-state index in [1.54, 1.807) is 6.20 Å². The first-order valence-electron chi connectivity index (χ1n) is 6.64. The third kappa shape index (κ3) is 1.61. The molecule has 4 nitrogen and oxygen atoms in total. The van der Waals surface area contributed by atoms with Crippen LogP contribution in [-0.2, 0) is 4.79 Å². The number of carbonyl (C=O) groups is 1. The van der Waals surface area contributed by atoms with Gasteiger partial charge in [-0.15, -0.1) is 0 Å². The van der Waals surface area contributed by atoms with Gasteiger partial charge in [-0.2, -0.15) is 5.10 Å². The van der Waals surface area contributed by atoms with E-state index in [2.05, 4.69) is 39.8 Å². The first-order valence-corrected chi connectivity index (χ1v) is 6.64. The van der Waals surface area contributed by atoms with Gasteiger partial charge in [-0.05, 0) is 16.3 Å². The van der Waals surface area contributed by atoms with E-state index >= 15 is 0 Å². The number of aromatic amines is 1. The molecule has 1 aromatic heterocycles. The smallest absolute Gasteiger partial charge is 0.226 e. The molecule has 0 saturated carbocycles. The molecular formula is C16H13N3O. The maximum Gasteiger partial charge on any atom is 0.226 e. The van der Waals surface area contributed by atoms with Crippen molar-refractivity contribution >= 4 is 22.5 Å². The Labute approximate surface area is 115 Å². The van der Waals surface area contributed by atoms with Crippen LogP contribution in [0.4, 0.5) is 5.82 Å². The first kappa shape index (κ1) is 11.2. The molecule has 3 aromatic rings. The Bertz CT molecular complexity index is 801. The van der Waals surface area contributed by atoms with Gasteiger partial charge in [0.05, 0.1) is 6.20 Å². The molecule has 2 heterocycles. The van der Waals surface area contributed by atoms with Crippen molar-refractivity contribution < 1.29 is 4.79 Å². The monoisotopic (exact) mass is 263 g/mol. The molecule has 2 aromatic carbocycles. The van der Waals surface area contributed by atoms with Crippen molar-refractivity contribution in [2.24, 2.45) is 0 Å².